The van der Waals surface area contributed by atoms with Gasteiger partial charge in [-0.05, 0) is 86.2 Å². The van der Waals surface area contributed by atoms with Gasteiger partial charge in [-0.25, -0.2) is 0 Å². The van der Waals surface area contributed by atoms with Gasteiger partial charge in [-0.2, -0.15) is 0 Å². The Morgan fingerprint density at radius 2 is 1.86 bits per heavy atom. The number of aliphatic hydroxyl groups is 1. The molecule has 0 fully saturated rings. The van der Waals surface area contributed by atoms with E-state index in [2.05, 4.69) is 27.4 Å². The summed E-state index contributed by atoms with van der Waals surface area (Å²) in [5, 5.41) is 12.9. The first-order valence-electron chi connectivity index (χ1n) is 13.1. The summed E-state index contributed by atoms with van der Waals surface area (Å²) in [6.45, 7) is 0.639. The summed E-state index contributed by atoms with van der Waals surface area (Å²) in [7, 11) is 4.00. The fourth-order valence-electron chi connectivity index (χ4n) is 5.61. The number of hydrogen-bond acceptors (Lipinski definition) is 3. The van der Waals surface area contributed by atoms with Crippen LogP contribution in [0.2, 0.25) is 0 Å². The molecule has 2 aliphatic rings. The summed E-state index contributed by atoms with van der Waals surface area (Å²) in [6.07, 6.45) is 10.8. The summed E-state index contributed by atoms with van der Waals surface area (Å²) in [4.78, 5) is 18.6. The molecule has 0 amide bonds. The number of fused-ring (bicyclic) bond motifs is 1. The number of H-pyrrole nitrogens is 1. The number of nitrogens with one attached hydrogen (secondary N) is 1. The largest absolute Gasteiger partial charge is 0.383 e. The van der Waals surface area contributed by atoms with Gasteiger partial charge in [0.05, 0.1) is 0 Å². The standard InChI is InChI=1S/C33H34N2O2/c1-35(2)21-20-33(37,30-19-11-17-25-14-9-10-18-28(25)30)31(26-15-7-4-8-16-26)29-22-27(23-34-32(29)36)24-12-5-3-6-13-24/h4,7-10,12,14-18,22-23,31,37H,3,5-6,13,20-21H2,1-2H3,(H,34,36). The molecular weight excluding hydrogens is 456 g/mol. The van der Waals surface area contributed by atoms with Crippen LogP contribution >= 0.6 is 0 Å². The van der Waals surface area contributed by atoms with Crippen LogP contribution in [0.15, 0.2) is 89.2 Å². The molecule has 37 heavy (non-hydrogen) atoms. The van der Waals surface area contributed by atoms with E-state index in [1.807, 2.05) is 87.0 Å². The molecule has 0 spiro atoms. The molecule has 2 aromatic carbocycles. The van der Waals surface area contributed by atoms with Gasteiger partial charge in [0.2, 0.25) is 0 Å². The lowest BCUT2D eigenvalue weighted by Gasteiger charge is -2.39. The maximum absolute atomic E-state index is 13.5. The number of nitrogens with zero attached hydrogens (tertiary/aromatic N) is 1. The highest BCUT2D eigenvalue weighted by molar-refractivity contribution is 5.82. The highest BCUT2D eigenvalue weighted by Gasteiger charge is 2.44. The number of allylic oxidation sites excluding steroid dienone is 2. The van der Waals surface area contributed by atoms with Gasteiger partial charge in [0.15, 0.2) is 0 Å². The molecule has 0 saturated carbocycles. The number of aromatic nitrogens is 1. The summed E-state index contributed by atoms with van der Waals surface area (Å²) < 4.78 is 0. The SMILES string of the molecule is CN(C)CCC(O)(C1=C=C=Cc2ccccc21)C(c1ccccc1)c1cc(C2=CCCCC2)c[nH]c1=O. The zero-order valence-electron chi connectivity index (χ0n) is 21.6. The summed E-state index contributed by atoms with van der Waals surface area (Å²) in [5.74, 6) is -0.600. The highest BCUT2D eigenvalue weighted by atomic mass is 16.3. The average Bonchev–Trinajstić information content (AvgIpc) is 2.94. The van der Waals surface area contributed by atoms with Gasteiger partial charge in [0.25, 0.3) is 5.56 Å². The van der Waals surface area contributed by atoms with Crippen LogP contribution in [0.25, 0.3) is 17.2 Å². The van der Waals surface area contributed by atoms with Crippen LogP contribution in [0.5, 0.6) is 0 Å². The van der Waals surface area contributed by atoms with E-state index < -0.39 is 11.5 Å². The molecule has 1 aromatic heterocycles. The summed E-state index contributed by atoms with van der Waals surface area (Å²) in [5.41, 5.74) is 11.2. The van der Waals surface area contributed by atoms with Crippen LogP contribution < -0.4 is 5.56 Å². The molecule has 2 unspecified atom stereocenters. The fraction of sp³-hybridized carbons (Fsp3) is 0.303. The Labute approximate surface area is 219 Å². The minimum absolute atomic E-state index is 0.179. The Morgan fingerprint density at radius 3 is 2.62 bits per heavy atom. The molecule has 0 aliphatic heterocycles. The molecule has 3 aromatic rings. The Kier molecular flexibility index (Phi) is 7.28. The molecular formula is C33H34N2O2. The van der Waals surface area contributed by atoms with Gasteiger partial charge >= 0.3 is 0 Å². The Hall–Kier alpha value is -3.65. The molecule has 4 heteroatoms. The average molecular weight is 491 g/mol. The lowest BCUT2D eigenvalue weighted by Crippen LogP contribution is -2.43. The van der Waals surface area contributed by atoms with Gasteiger partial charge in [0, 0.05) is 29.8 Å². The van der Waals surface area contributed by atoms with Crippen LogP contribution in [0.3, 0.4) is 0 Å². The van der Waals surface area contributed by atoms with Crippen molar-refractivity contribution in [2.45, 2.75) is 43.6 Å². The van der Waals surface area contributed by atoms with Crippen molar-refractivity contribution in [2.24, 2.45) is 0 Å². The van der Waals surface area contributed by atoms with Crippen LogP contribution in [-0.4, -0.2) is 41.2 Å². The normalized spacial score (nSPS) is 17.1. The Morgan fingerprint density at radius 1 is 1.08 bits per heavy atom. The zero-order valence-corrected chi connectivity index (χ0v) is 21.6. The maximum Gasteiger partial charge on any atom is 0.251 e. The predicted octanol–water partition coefficient (Wildman–Crippen LogP) is 6.01. The number of benzene rings is 2. The van der Waals surface area contributed by atoms with Crippen molar-refractivity contribution in [3.05, 3.63) is 123 Å². The van der Waals surface area contributed by atoms with Gasteiger partial charge in [-0.3, -0.25) is 4.79 Å². The second kappa shape index (κ2) is 10.8. The Balaban J connectivity index is 1.75. The van der Waals surface area contributed by atoms with Gasteiger partial charge in [-0.1, -0.05) is 72.1 Å². The Bertz CT molecular complexity index is 1470. The van der Waals surface area contributed by atoms with Crippen LogP contribution in [0.4, 0.5) is 0 Å². The van der Waals surface area contributed by atoms with Crippen molar-refractivity contribution in [3.63, 3.8) is 0 Å². The molecule has 2 atom stereocenters. The van der Waals surface area contributed by atoms with E-state index in [4.69, 9.17) is 0 Å². The number of rotatable bonds is 8. The van der Waals surface area contributed by atoms with Crippen molar-refractivity contribution >= 4 is 17.2 Å². The highest BCUT2D eigenvalue weighted by Crippen LogP contribution is 2.46. The summed E-state index contributed by atoms with van der Waals surface area (Å²) >= 11 is 0. The molecule has 4 nitrogen and oxygen atoms in total. The first-order valence-corrected chi connectivity index (χ1v) is 13.1. The third kappa shape index (κ3) is 5.11. The van der Waals surface area contributed by atoms with E-state index in [9.17, 15) is 9.90 Å². The van der Waals surface area contributed by atoms with E-state index in [1.165, 1.54) is 12.0 Å². The third-order valence-electron chi connectivity index (χ3n) is 7.54. The predicted molar refractivity (Wildman–Crippen MR) is 151 cm³/mol. The molecule has 0 bridgehead atoms. The van der Waals surface area contributed by atoms with Crippen molar-refractivity contribution in [1.29, 1.82) is 0 Å². The van der Waals surface area contributed by atoms with Crippen LogP contribution in [-0.2, 0) is 0 Å². The zero-order chi connectivity index (χ0) is 25.8. The van der Waals surface area contributed by atoms with Crippen molar-refractivity contribution < 1.29 is 5.11 Å². The number of aromatic amines is 1. The van der Waals surface area contributed by atoms with E-state index in [-0.39, 0.29) is 5.56 Å². The van der Waals surface area contributed by atoms with Crippen molar-refractivity contribution in [2.75, 3.05) is 20.6 Å². The molecule has 1 heterocycles. The van der Waals surface area contributed by atoms with Gasteiger partial charge in [-0.15, -0.1) is 0 Å². The number of hydrogen-bond donors (Lipinski definition) is 2. The maximum atomic E-state index is 13.5. The fourth-order valence-corrected chi connectivity index (χ4v) is 5.61. The minimum atomic E-state index is -1.41. The second-order valence-corrected chi connectivity index (χ2v) is 10.3. The molecule has 5 rings (SSSR count). The lowest BCUT2D eigenvalue weighted by atomic mass is 9.69. The van der Waals surface area contributed by atoms with Crippen molar-refractivity contribution in [1.82, 2.24) is 9.88 Å². The second-order valence-electron chi connectivity index (χ2n) is 10.3. The van der Waals surface area contributed by atoms with Crippen LogP contribution in [0, 0.1) is 0 Å². The first-order chi connectivity index (χ1) is 18.0. The molecule has 2 N–H and O–H groups in total. The van der Waals surface area contributed by atoms with E-state index >= 15 is 0 Å². The van der Waals surface area contributed by atoms with Crippen molar-refractivity contribution in [3.8, 4) is 0 Å². The van der Waals surface area contributed by atoms with E-state index in [0.717, 1.165) is 41.5 Å². The molecule has 0 radical (unpaired) electrons. The lowest BCUT2D eigenvalue weighted by molar-refractivity contribution is 0.0665. The summed E-state index contributed by atoms with van der Waals surface area (Å²) in [6, 6.07) is 19.9. The minimum Gasteiger partial charge on any atom is -0.383 e. The monoisotopic (exact) mass is 490 g/mol. The first kappa shape index (κ1) is 25.0. The quantitative estimate of drug-likeness (QED) is 0.380. The van der Waals surface area contributed by atoms with Gasteiger partial charge in [0.1, 0.15) is 5.60 Å². The molecule has 0 saturated heterocycles. The van der Waals surface area contributed by atoms with Crippen LogP contribution in [0.1, 0.15) is 65.8 Å². The van der Waals surface area contributed by atoms with E-state index in [0.29, 0.717) is 24.1 Å². The third-order valence-corrected chi connectivity index (χ3v) is 7.54. The number of pyridine rings is 1. The molecule has 2 aliphatic carbocycles. The molecule has 188 valence electrons. The smallest absolute Gasteiger partial charge is 0.251 e. The topological polar surface area (TPSA) is 56.3 Å². The van der Waals surface area contributed by atoms with E-state index in [1.54, 1.807) is 0 Å². The van der Waals surface area contributed by atoms with Gasteiger partial charge < -0.3 is 15.0 Å².